The fourth-order valence-corrected chi connectivity index (χ4v) is 7.45. The number of hydrogen-bond donors (Lipinski definition) is 3. The number of nitrogens with zero attached hydrogens (tertiary/aromatic N) is 4. The molecule has 5 rings (SSSR count). The Labute approximate surface area is 199 Å². The highest BCUT2D eigenvalue weighted by atomic mass is 16.2. The average Bonchev–Trinajstić information content (AvgIpc) is 3.30. The second-order valence-corrected chi connectivity index (χ2v) is 11.3. The molecule has 5 fully saturated rings. The van der Waals surface area contributed by atoms with Crippen LogP contribution < -0.4 is 16.2 Å². The van der Waals surface area contributed by atoms with E-state index in [0.29, 0.717) is 24.8 Å². The van der Waals surface area contributed by atoms with Crippen LogP contribution >= 0.6 is 0 Å². The summed E-state index contributed by atoms with van der Waals surface area (Å²) in [7, 11) is 0. The molecule has 5 unspecified atom stereocenters. The second kappa shape index (κ2) is 10.5. The van der Waals surface area contributed by atoms with Gasteiger partial charge in [0.2, 0.25) is 5.91 Å². The Balaban J connectivity index is 1.20. The maximum atomic E-state index is 13.3. The minimum atomic E-state index is -0.119. The smallest absolute Gasteiger partial charge is 0.241 e. The van der Waals surface area contributed by atoms with Crippen LogP contribution in [0, 0.1) is 35.1 Å². The number of carbonyl (C=O) groups excluding carboxylic acids is 1. The fraction of sp³-hybridized carbons (Fsp3) is 0.920. The molecule has 8 nitrogen and oxygen atoms in total. The first-order chi connectivity index (χ1) is 16.1. The highest BCUT2D eigenvalue weighted by Crippen LogP contribution is 2.45. The topological polar surface area (TPSA) is 86.7 Å². The van der Waals surface area contributed by atoms with Crippen LogP contribution in [0.3, 0.4) is 0 Å². The van der Waals surface area contributed by atoms with Crippen molar-refractivity contribution in [3.05, 3.63) is 0 Å². The zero-order chi connectivity index (χ0) is 22.8. The van der Waals surface area contributed by atoms with E-state index in [0.717, 1.165) is 56.9 Å². The molecule has 5 aliphatic rings. The molecule has 0 aromatic carbocycles. The zero-order valence-electron chi connectivity index (χ0n) is 20.3. The molecule has 3 N–H and O–H groups in total. The number of nitrogens with one attached hydrogen (secondary N) is 3. The minimum absolute atomic E-state index is 0.119. The lowest BCUT2D eigenvalue weighted by Gasteiger charge is -2.46. The summed E-state index contributed by atoms with van der Waals surface area (Å²) in [5.74, 6) is 3.35. The van der Waals surface area contributed by atoms with Gasteiger partial charge in [0.05, 0.1) is 18.9 Å². The number of carbonyl (C=O) groups is 1. The first-order valence-electron chi connectivity index (χ1n) is 13.6. The minimum Gasteiger partial charge on any atom is -0.340 e. The molecule has 0 spiro atoms. The van der Waals surface area contributed by atoms with Gasteiger partial charge in [0.25, 0.3) is 0 Å². The Morgan fingerprint density at radius 3 is 2.58 bits per heavy atom. The Kier molecular flexibility index (Phi) is 7.41. The van der Waals surface area contributed by atoms with E-state index >= 15 is 0 Å². The molecule has 0 aromatic rings. The van der Waals surface area contributed by atoms with Gasteiger partial charge in [-0.3, -0.25) is 15.0 Å². The predicted molar refractivity (Wildman–Crippen MR) is 127 cm³/mol. The van der Waals surface area contributed by atoms with Crippen molar-refractivity contribution < 1.29 is 4.79 Å². The van der Waals surface area contributed by atoms with Crippen molar-refractivity contribution in [2.45, 2.75) is 83.1 Å². The van der Waals surface area contributed by atoms with E-state index in [4.69, 9.17) is 0 Å². The van der Waals surface area contributed by atoms with Gasteiger partial charge in [0.1, 0.15) is 6.04 Å². The Morgan fingerprint density at radius 1 is 1.00 bits per heavy atom. The monoisotopic (exact) mass is 457 g/mol. The molecule has 2 saturated carbocycles. The summed E-state index contributed by atoms with van der Waals surface area (Å²) < 4.78 is 0. The van der Waals surface area contributed by atoms with E-state index < -0.39 is 0 Å². The summed E-state index contributed by atoms with van der Waals surface area (Å²) in [4.78, 5) is 19.4. The molecular formula is C25H43N7O. The van der Waals surface area contributed by atoms with Gasteiger partial charge in [-0.25, -0.2) is 10.9 Å². The number of fused-ring (bicyclic) bond motifs is 1. The quantitative estimate of drug-likeness (QED) is 0.542. The van der Waals surface area contributed by atoms with Gasteiger partial charge in [-0.1, -0.05) is 32.1 Å². The largest absolute Gasteiger partial charge is 0.340 e. The maximum Gasteiger partial charge on any atom is 0.241 e. The van der Waals surface area contributed by atoms with E-state index in [1.165, 1.54) is 51.4 Å². The van der Waals surface area contributed by atoms with E-state index in [1.54, 1.807) is 4.90 Å². The number of amides is 1. The third-order valence-electron chi connectivity index (χ3n) is 9.36. The van der Waals surface area contributed by atoms with Crippen LogP contribution in [0.2, 0.25) is 0 Å². The standard InChI is InChI=1S/C25H43N7O/c1-18-27-24(29-28-18)21-8-7-20(22(15-21)19-5-3-2-4-6-19)9-10-32-14-13-31-12-11-30(17-26)16-23(31)25(32)33/h18-24,27-29H,2-16H2,1H3/t18?,20?,21?,22?,23-,24?/m1/s1. The zero-order valence-corrected chi connectivity index (χ0v) is 20.3. The van der Waals surface area contributed by atoms with Gasteiger partial charge in [-0.2, -0.15) is 5.26 Å². The highest BCUT2D eigenvalue weighted by molar-refractivity contribution is 5.83. The van der Waals surface area contributed by atoms with Crippen molar-refractivity contribution >= 4 is 5.91 Å². The molecule has 0 bridgehead atoms. The van der Waals surface area contributed by atoms with Crippen LogP contribution in [0.1, 0.15) is 64.7 Å². The van der Waals surface area contributed by atoms with Crippen molar-refractivity contribution in [1.82, 2.24) is 30.9 Å². The van der Waals surface area contributed by atoms with Crippen LogP contribution in [0.4, 0.5) is 0 Å². The number of piperazine rings is 2. The first-order valence-corrected chi connectivity index (χ1v) is 13.6. The number of nitriles is 1. The van der Waals surface area contributed by atoms with Crippen molar-refractivity contribution in [1.29, 1.82) is 5.26 Å². The van der Waals surface area contributed by atoms with Crippen molar-refractivity contribution in [3.8, 4) is 6.19 Å². The molecule has 0 radical (unpaired) electrons. The third kappa shape index (κ3) is 5.17. The Morgan fingerprint density at radius 2 is 1.82 bits per heavy atom. The van der Waals surface area contributed by atoms with Gasteiger partial charge < -0.3 is 9.80 Å². The molecule has 3 saturated heterocycles. The molecule has 3 heterocycles. The van der Waals surface area contributed by atoms with Gasteiger partial charge in [-0.05, 0) is 56.3 Å². The molecule has 1 amide bonds. The molecule has 3 aliphatic heterocycles. The fourth-order valence-electron chi connectivity index (χ4n) is 7.45. The SMILES string of the molecule is CC1NNC(C2CCC(CCN3CCN4CCN(C#N)C[C@@H]4C3=O)C(C3CCCCC3)C2)N1. The van der Waals surface area contributed by atoms with Gasteiger partial charge in [0.15, 0.2) is 6.19 Å². The van der Waals surface area contributed by atoms with Crippen LogP contribution in [-0.4, -0.2) is 78.2 Å². The van der Waals surface area contributed by atoms with Crippen LogP contribution in [-0.2, 0) is 4.79 Å². The number of hydrogen-bond acceptors (Lipinski definition) is 7. The van der Waals surface area contributed by atoms with Gasteiger partial charge in [-0.15, -0.1) is 0 Å². The number of hydrazine groups is 1. The second-order valence-electron chi connectivity index (χ2n) is 11.3. The van der Waals surface area contributed by atoms with Crippen molar-refractivity contribution in [2.75, 3.05) is 39.3 Å². The average molecular weight is 458 g/mol. The lowest BCUT2D eigenvalue weighted by atomic mass is 9.64. The molecule has 33 heavy (non-hydrogen) atoms. The maximum absolute atomic E-state index is 13.3. The molecule has 6 atom stereocenters. The van der Waals surface area contributed by atoms with Crippen molar-refractivity contribution in [3.63, 3.8) is 0 Å². The van der Waals surface area contributed by atoms with Crippen LogP contribution in [0.15, 0.2) is 0 Å². The van der Waals surface area contributed by atoms with Gasteiger partial charge in [0, 0.05) is 32.7 Å². The summed E-state index contributed by atoms with van der Waals surface area (Å²) in [6.07, 6.45) is 15.0. The third-order valence-corrected chi connectivity index (χ3v) is 9.36. The highest BCUT2D eigenvalue weighted by Gasteiger charge is 2.42. The van der Waals surface area contributed by atoms with Crippen molar-refractivity contribution in [2.24, 2.45) is 23.7 Å². The summed E-state index contributed by atoms with van der Waals surface area (Å²) in [5, 5.41) is 13.0. The molecule has 0 aromatic heterocycles. The van der Waals surface area contributed by atoms with E-state index in [1.807, 2.05) is 0 Å². The molecule has 184 valence electrons. The first kappa shape index (κ1) is 23.3. The van der Waals surface area contributed by atoms with Crippen LogP contribution in [0.5, 0.6) is 0 Å². The van der Waals surface area contributed by atoms with Crippen LogP contribution in [0.25, 0.3) is 0 Å². The van der Waals surface area contributed by atoms with E-state index in [9.17, 15) is 10.1 Å². The Bertz CT molecular complexity index is 720. The summed E-state index contributed by atoms with van der Waals surface area (Å²) >= 11 is 0. The molecule has 2 aliphatic carbocycles. The predicted octanol–water partition coefficient (Wildman–Crippen LogP) is 1.67. The number of rotatable bonds is 5. The summed E-state index contributed by atoms with van der Waals surface area (Å²) in [6.45, 7) is 7.04. The van der Waals surface area contributed by atoms with E-state index in [2.05, 4.69) is 39.1 Å². The molecule has 8 heteroatoms. The van der Waals surface area contributed by atoms with E-state index in [-0.39, 0.29) is 11.9 Å². The lowest BCUT2D eigenvalue weighted by Crippen LogP contribution is -2.64. The Hall–Kier alpha value is -1.40. The lowest BCUT2D eigenvalue weighted by molar-refractivity contribution is -0.144. The summed E-state index contributed by atoms with van der Waals surface area (Å²) in [6, 6.07) is -0.119. The normalized spacial score (nSPS) is 38.8. The van der Waals surface area contributed by atoms with Gasteiger partial charge >= 0.3 is 0 Å². The molecular weight excluding hydrogens is 414 g/mol. The summed E-state index contributed by atoms with van der Waals surface area (Å²) in [5.41, 5.74) is 6.84.